The molecule has 0 fully saturated rings. The first-order chi connectivity index (χ1) is 14.2. The van der Waals surface area contributed by atoms with E-state index in [-0.39, 0.29) is 0 Å². The Morgan fingerprint density at radius 1 is 1.03 bits per heavy atom. The molecule has 0 amide bonds. The molecule has 0 aliphatic heterocycles. The summed E-state index contributed by atoms with van der Waals surface area (Å²) < 4.78 is 4.27. The van der Waals surface area contributed by atoms with Crippen molar-refractivity contribution < 1.29 is 0 Å². The second kappa shape index (κ2) is 7.01. The Morgan fingerprint density at radius 3 is 2.72 bits per heavy atom. The highest BCUT2D eigenvalue weighted by Crippen LogP contribution is 2.38. The fraction of sp³-hybridized carbons (Fsp3) is 0.174. The van der Waals surface area contributed by atoms with Crippen molar-refractivity contribution in [2.24, 2.45) is 0 Å². The third-order valence-electron chi connectivity index (χ3n) is 5.34. The molecule has 5 aromatic rings. The molecule has 5 nitrogen and oxygen atoms in total. The number of fused-ring (bicyclic) bond motifs is 3. The average molecular weight is 402 g/mol. The van der Waals surface area contributed by atoms with Gasteiger partial charge < -0.3 is 4.57 Å². The van der Waals surface area contributed by atoms with Crippen LogP contribution in [0.15, 0.2) is 61.3 Å². The Morgan fingerprint density at radius 2 is 1.93 bits per heavy atom. The summed E-state index contributed by atoms with van der Waals surface area (Å²) in [5.41, 5.74) is 6.60. The third kappa shape index (κ3) is 2.98. The number of hydrogen-bond acceptors (Lipinski definition) is 3. The fourth-order valence-corrected chi connectivity index (χ4v) is 4.35. The van der Waals surface area contributed by atoms with E-state index in [9.17, 15) is 0 Å². The van der Waals surface area contributed by atoms with Gasteiger partial charge in [-0.3, -0.25) is 14.6 Å². The van der Waals surface area contributed by atoms with Crippen molar-refractivity contribution in [3.05, 3.63) is 77.6 Å². The van der Waals surface area contributed by atoms with Crippen molar-refractivity contribution in [3.8, 4) is 11.1 Å². The SMILES string of the molecule is CCn1c2c(-c3cnn(Cc4cccnc4)c3)cc(Cl)cc2c2ccnc(C)c21. The van der Waals surface area contributed by atoms with E-state index in [1.807, 2.05) is 41.5 Å². The molecule has 29 heavy (non-hydrogen) atoms. The predicted molar refractivity (Wildman–Crippen MR) is 117 cm³/mol. The summed E-state index contributed by atoms with van der Waals surface area (Å²) in [7, 11) is 0. The van der Waals surface area contributed by atoms with Gasteiger partial charge >= 0.3 is 0 Å². The van der Waals surface area contributed by atoms with Gasteiger partial charge in [0.25, 0.3) is 0 Å². The largest absolute Gasteiger partial charge is 0.339 e. The standard InChI is InChI=1S/C23H20ClN5/c1-3-29-22-15(2)26-8-6-19(22)21-10-18(24)9-20(23(21)29)17-12-27-28(14-17)13-16-5-4-7-25-11-16/h4-12,14H,3,13H2,1-2H3. The number of nitrogens with zero attached hydrogens (tertiary/aromatic N) is 5. The number of aromatic nitrogens is 5. The van der Waals surface area contributed by atoms with Gasteiger partial charge in [-0.25, -0.2) is 0 Å². The van der Waals surface area contributed by atoms with Gasteiger partial charge in [0.15, 0.2) is 0 Å². The molecule has 0 N–H and O–H groups in total. The van der Waals surface area contributed by atoms with Crippen LogP contribution in [0, 0.1) is 6.92 Å². The molecule has 0 bridgehead atoms. The Labute approximate surface area is 173 Å². The highest BCUT2D eigenvalue weighted by molar-refractivity contribution is 6.32. The normalized spacial score (nSPS) is 11.6. The van der Waals surface area contributed by atoms with Crippen LogP contribution in [0.2, 0.25) is 5.02 Å². The Hall–Kier alpha value is -3.18. The molecule has 0 saturated carbocycles. The highest BCUT2D eigenvalue weighted by Gasteiger charge is 2.18. The van der Waals surface area contributed by atoms with E-state index in [1.165, 1.54) is 10.9 Å². The lowest BCUT2D eigenvalue weighted by atomic mass is 10.0. The van der Waals surface area contributed by atoms with Crippen LogP contribution in [-0.2, 0) is 13.1 Å². The van der Waals surface area contributed by atoms with Gasteiger partial charge in [0, 0.05) is 58.3 Å². The number of benzene rings is 1. The van der Waals surface area contributed by atoms with Crippen molar-refractivity contribution in [2.75, 3.05) is 0 Å². The summed E-state index contributed by atoms with van der Waals surface area (Å²) in [6.45, 7) is 5.75. The van der Waals surface area contributed by atoms with Crippen LogP contribution >= 0.6 is 11.6 Å². The van der Waals surface area contributed by atoms with E-state index in [4.69, 9.17) is 11.6 Å². The molecule has 6 heteroatoms. The van der Waals surface area contributed by atoms with E-state index < -0.39 is 0 Å². The topological polar surface area (TPSA) is 48.5 Å². The fourth-order valence-electron chi connectivity index (χ4n) is 4.13. The minimum atomic E-state index is 0.678. The van der Waals surface area contributed by atoms with Crippen molar-refractivity contribution >= 4 is 33.4 Å². The number of hydrogen-bond donors (Lipinski definition) is 0. The minimum Gasteiger partial charge on any atom is -0.339 e. The van der Waals surface area contributed by atoms with Gasteiger partial charge in [0.05, 0.1) is 29.5 Å². The summed E-state index contributed by atoms with van der Waals surface area (Å²) in [4.78, 5) is 8.70. The molecule has 0 aliphatic rings. The zero-order chi connectivity index (χ0) is 20.0. The van der Waals surface area contributed by atoms with Gasteiger partial charge in [-0.2, -0.15) is 5.10 Å². The van der Waals surface area contributed by atoms with Gasteiger partial charge in [0.1, 0.15) is 0 Å². The highest BCUT2D eigenvalue weighted by atomic mass is 35.5. The van der Waals surface area contributed by atoms with Crippen LogP contribution in [-0.4, -0.2) is 24.3 Å². The second-order valence-electron chi connectivity index (χ2n) is 7.17. The maximum absolute atomic E-state index is 6.54. The van der Waals surface area contributed by atoms with Gasteiger partial charge in [-0.1, -0.05) is 17.7 Å². The quantitative estimate of drug-likeness (QED) is 0.400. The first-order valence-electron chi connectivity index (χ1n) is 9.64. The number of aryl methyl sites for hydroxylation is 2. The van der Waals surface area contributed by atoms with E-state index in [0.29, 0.717) is 6.54 Å². The van der Waals surface area contributed by atoms with E-state index >= 15 is 0 Å². The number of rotatable bonds is 4. The number of halogens is 1. The Kier molecular flexibility index (Phi) is 4.32. The molecule has 5 rings (SSSR count). The molecule has 0 unspecified atom stereocenters. The molecule has 0 saturated heterocycles. The molecular formula is C23H20ClN5. The first kappa shape index (κ1) is 17.9. The zero-order valence-corrected chi connectivity index (χ0v) is 17.1. The molecule has 144 valence electrons. The van der Waals surface area contributed by atoms with Crippen molar-refractivity contribution in [2.45, 2.75) is 26.9 Å². The summed E-state index contributed by atoms with van der Waals surface area (Å²) in [6.07, 6.45) is 9.49. The van der Waals surface area contributed by atoms with Gasteiger partial charge in [0.2, 0.25) is 0 Å². The minimum absolute atomic E-state index is 0.678. The van der Waals surface area contributed by atoms with Gasteiger partial charge in [-0.15, -0.1) is 0 Å². The monoisotopic (exact) mass is 401 g/mol. The van der Waals surface area contributed by atoms with Crippen LogP contribution in [0.5, 0.6) is 0 Å². The van der Waals surface area contributed by atoms with E-state index in [2.05, 4.69) is 51.8 Å². The molecule has 4 heterocycles. The smallest absolute Gasteiger partial charge is 0.0707 e. The lowest BCUT2D eigenvalue weighted by Crippen LogP contribution is -2.00. The average Bonchev–Trinajstić information content (AvgIpc) is 3.31. The lowest BCUT2D eigenvalue weighted by molar-refractivity contribution is 0.685. The van der Waals surface area contributed by atoms with Crippen LogP contribution < -0.4 is 0 Å². The second-order valence-corrected chi connectivity index (χ2v) is 7.61. The molecule has 4 aromatic heterocycles. The maximum Gasteiger partial charge on any atom is 0.0707 e. The summed E-state index contributed by atoms with van der Waals surface area (Å²) >= 11 is 6.54. The summed E-state index contributed by atoms with van der Waals surface area (Å²) in [5, 5.41) is 7.62. The van der Waals surface area contributed by atoms with Crippen LogP contribution in [0.1, 0.15) is 18.2 Å². The van der Waals surface area contributed by atoms with Crippen LogP contribution in [0.25, 0.3) is 32.9 Å². The molecule has 0 radical (unpaired) electrons. The maximum atomic E-state index is 6.54. The zero-order valence-electron chi connectivity index (χ0n) is 16.3. The number of pyridine rings is 2. The molecule has 0 atom stereocenters. The van der Waals surface area contributed by atoms with Crippen LogP contribution in [0.3, 0.4) is 0 Å². The van der Waals surface area contributed by atoms with Crippen LogP contribution in [0.4, 0.5) is 0 Å². The van der Waals surface area contributed by atoms with Crippen molar-refractivity contribution in [1.82, 2.24) is 24.3 Å². The summed E-state index contributed by atoms with van der Waals surface area (Å²) in [5.74, 6) is 0. The van der Waals surface area contributed by atoms with Crippen molar-refractivity contribution in [3.63, 3.8) is 0 Å². The predicted octanol–water partition coefficient (Wildman–Crippen LogP) is 5.48. The third-order valence-corrected chi connectivity index (χ3v) is 5.56. The lowest BCUT2D eigenvalue weighted by Gasteiger charge is -2.09. The molecule has 1 aromatic carbocycles. The molecule has 0 spiro atoms. The van der Waals surface area contributed by atoms with Crippen molar-refractivity contribution in [1.29, 1.82) is 0 Å². The first-order valence-corrected chi connectivity index (χ1v) is 10.0. The molecular weight excluding hydrogens is 382 g/mol. The van der Waals surface area contributed by atoms with E-state index in [1.54, 1.807) is 6.20 Å². The molecule has 0 aliphatic carbocycles. The Bertz CT molecular complexity index is 1330. The van der Waals surface area contributed by atoms with E-state index in [0.717, 1.165) is 44.9 Å². The van der Waals surface area contributed by atoms with Gasteiger partial charge in [-0.05, 0) is 43.7 Å². The Balaban J connectivity index is 1.72. The summed E-state index contributed by atoms with van der Waals surface area (Å²) in [6, 6.07) is 10.1.